The molecule has 118 valence electrons. The van der Waals surface area contributed by atoms with Crippen LogP contribution in [-0.2, 0) is 4.74 Å². The van der Waals surface area contributed by atoms with E-state index in [0.717, 1.165) is 24.0 Å². The van der Waals surface area contributed by atoms with Crippen LogP contribution in [-0.4, -0.2) is 17.8 Å². The standard InChI is InChI=1S/C19H30O2/c1-13-6-7-15(3)17(9-13)18(20)12-21-16-8-14(2)10-19(4,5)11-16/h6-7,9,14,16,18,20H,8,10-12H2,1-5H3. The van der Waals surface area contributed by atoms with Crippen molar-refractivity contribution in [3.8, 4) is 0 Å². The zero-order valence-corrected chi connectivity index (χ0v) is 14.1. The summed E-state index contributed by atoms with van der Waals surface area (Å²) in [5.41, 5.74) is 3.67. The van der Waals surface area contributed by atoms with Crippen LogP contribution in [0.25, 0.3) is 0 Å². The van der Waals surface area contributed by atoms with Crippen molar-refractivity contribution >= 4 is 0 Å². The quantitative estimate of drug-likeness (QED) is 0.880. The van der Waals surface area contributed by atoms with Gasteiger partial charge < -0.3 is 9.84 Å². The van der Waals surface area contributed by atoms with Crippen LogP contribution in [0.2, 0.25) is 0 Å². The van der Waals surface area contributed by atoms with E-state index < -0.39 is 6.10 Å². The molecule has 0 amide bonds. The van der Waals surface area contributed by atoms with Gasteiger partial charge in [0.05, 0.1) is 12.7 Å². The van der Waals surface area contributed by atoms with Crippen molar-refractivity contribution in [2.24, 2.45) is 11.3 Å². The van der Waals surface area contributed by atoms with Gasteiger partial charge >= 0.3 is 0 Å². The fourth-order valence-electron chi connectivity index (χ4n) is 3.82. The molecule has 1 N–H and O–H groups in total. The number of ether oxygens (including phenoxy) is 1. The number of hydrogen-bond acceptors (Lipinski definition) is 2. The first kappa shape index (κ1) is 16.5. The molecule has 0 heterocycles. The van der Waals surface area contributed by atoms with Crippen LogP contribution < -0.4 is 0 Å². The van der Waals surface area contributed by atoms with Crippen LogP contribution in [0.1, 0.15) is 62.8 Å². The summed E-state index contributed by atoms with van der Waals surface area (Å²) in [5, 5.41) is 10.4. The van der Waals surface area contributed by atoms with E-state index in [-0.39, 0.29) is 6.10 Å². The van der Waals surface area contributed by atoms with E-state index in [0.29, 0.717) is 17.9 Å². The summed E-state index contributed by atoms with van der Waals surface area (Å²) in [5.74, 6) is 0.705. The summed E-state index contributed by atoms with van der Waals surface area (Å²) >= 11 is 0. The first-order chi connectivity index (χ1) is 9.77. The van der Waals surface area contributed by atoms with Crippen molar-refractivity contribution in [3.63, 3.8) is 0 Å². The minimum absolute atomic E-state index is 0.281. The van der Waals surface area contributed by atoms with E-state index in [1.165, 1.54) is 12.0 Å². The molecule has 1 saturated carbocycles. The maximum atomic E-state index is 10.4. The molecule has 0 saturated heterocycles. The van der Waals surface area contributed by atoms with Gasteiger partial charge in [0, 0.05) is 0 Å². The Morgan fingerprint density at radius 2 is 2.00 bits per heavy atom. The van der Waals surface area contributed by atoms with Gasteiger partial charge in [-0.15, -0.1) is 0 Å². The van der Waals surface area contributed by atoms with Crippen LogP contribution in [0.5, 0.6) is 0 Å². The highest BCUT2D eigenvalue weighted by atomic mass is 16.5. The summed E-state index contributed by atoms with van der Waals surface area (Å²) in [7, 11) is 0. The van der Waals surface area contributed by atoms with Gasteiger partial charge in [-0.2, -0.15) is 0 Å². The second kappa shape index (κ2) is 6.50. The van der Waals surface area contributed by atoms with Gasteiger partial charge in [-0.1, -0.05) is 44.5 Å². The van der Waals surface area contributed by atoms with Crippen molar-refractivity contribution in [3.05, 3.63) is 34.9 Å². The molecule has 2 rings (SSSR count). The number of aliphatic hydroxyl groups excluding tert-OH is 1. The Morgan fingerprint density at radius 1 is 1.29 bits per heavy atom. The zero-order chi connectivity index (χ0) is 15.6. The minimum atomic E-state index is -0.523. The summed E-state index contributed by atoms with van der Waals surface area (Å²) in [6, 6.07) is 6.22. The summed E-state index contributed by atoms with van der Waals surface area (Å²) < 4.78 is 6.05. The summed E-state index contributed by atoms with van der Waals surface area (Å²) in [4.78, 5) is 0. The third-order valence-electron chi connectivity index (χ3n) is 4.63. The third-order valence-corrected chi connectivity index (χ3v) is 4.63. The minimum Gasteiger partial charge on any atom is -0.386 e. The predicted molar refractivity (Wildman–Crippen MR) is 87.4 cm³/mol. The van der Waals surface area contributed by atoms with Crippen LogP contribution in [0.15, 0.2) is 18.2 Å². The van der Waals surface area contributed by atoms with E-state index in [1.54, 1.807) is 0 Å². The predicted octanol–water partition coefficient (Wildman–Crippen LogP) is 4.57. The van der Waals surface area contributed by atoms with Gasteiger partial charge in [-0.25, -0.2) is 0 Å². The van der Waals surface area contributed by atoms with Crippen molar-refractivity contribution in [2.75, 3.05) is 6.61 Å². The normalized spacial score (nSPS) is 26.6. The first-order valence-corrected chi connectivity index (χ1v) is 8.13. The summed E-state index contributed by atoms with van der Waals surface area (Å²) in [6.07, 6.45) is 3.24. The number of aryl methyl sites for hydroxylation is 2. The molecule has 0 radical (unpaired) electrons. The molecule has 1 fully saturated rings. The Labute approximate surface area is 129 Å². The highest BCUT2D eigenvalue weighted by molar-refractivity contribution is 5.32. The lowest BCUT2D eigenvalue weighted by atomic mass is 9.71. The number of benzene rings is 1. The Morgan fingerprint density at radius 3 is 2.67 bits per heavy atom. The maximum absolute atomic E-state index is 10.4. The van der Waals surface area contributed by atoms with E-state index in [9.17, 15) is 5.11 Å². The summed E-state index contributed by atoms with van der Waals surface area (Å²) in [6.45, 7) is 11.4. The first-order valence-electron chi connectivity index (χ1n) is 8.13. The van der Waals surface area contributed by atoms with Crippen LogP contribution in [0, 0.1) is 25.2 Å². The average molecular weight is 290 g/mol. The van der Waals surface area contributed by atoms with Crippen molar-refractivity contribution in [2.45, 2.75) is 66.1 Å². The Kier molecular flexibility index (Phi) is 5.11. The fourth-order valence-corrected chi connectivity index (χ4v) is 3.82. The molecule has 2 heteroatoms. The van der Waals surface area contributed by atoms with Gasteiger partial charge in [0.15, 0.2) is 0 Å². The third kappa shape index (κ3) is 4.55. The van der Waals surface area contributed by atoms with Gasteiger partial charge in [0.25, 0.3) is 0 Å². The molecule has 3 unspecified atom stereocenters. The molecule has 21 heavy (non-hydrogen) atoms. The Bertz CT molecular complexity index is 478. The van der Waals surface area contributed by atoms with Crippen LogP contribution >= 0.6 is 0 Å². The number of aliphatic hydroxyl groups is 1. The SMILES string of the molecule is Cc1ccc(C)c(C(O)COC2CC(C)CC(C)(C)C2)c1. The molecule has 0 spiro atoms. The van der Waals surface area contributed by atoms with Crippen molar-refractivity contribution < 1.29 is 9.84 Å². The Hall–Kier alpha value is -0.860. The topological polar surface area (TPSA) is 29.5 Å². The number of hydrogen-bond donors (Lipinski definition) is 1. The molecule has 3 atom stereocenters. The van der Waals surface area contributed by atoms with Crippen LogP contribution in [0.3, 0.4) is 0 Å². The molecule has 1 aromatic carbocycles. The largest absolute Gasteiger partial charge is 0.386 e. The monoisotopic (exact) mass is 290 g/mol. The van der Waals surface area contributed by atoms with E-state index in [1.807, 2.05) is 6.92 Å². The molecular weight excluding hydrogens is 260 g/mol. The lowest BCUT2D eigenvalue weighted by molar-refractivity contribution is -0.0565. The molecule has 0 bridgehead atoms. The maximum Gasteiger partial charge on any atom is 0.103 e. The molecule has 2 nitrogen and oxygen atoms in total. The zero-order valence-electron chi connectivity index (χ0n) is 14.1. The molecule has 0 aliphatic heterocycles. The van der Waals surface area contributed by atoms with Gasteiger partial charge in [0.1, 0.15) is 6.10 Å². The lowest BCUT2D eigenvalue weighted by Gasteiger charge is -2.39. The Balaban J connectivity index is 1.94. The highest BCUT2D eigenvalue weighted by Crippen LogP contribution is 2.39. The average Bonchev–Trinajstić information content (AvgIpc) is 2.36. The molecule has 0 aromatic heterocycles. The molecular formula is C19H30O2. The van der Waals surface area contributed by atoms with E-state index >= 15 is 0 Å². The van der Waals surface area contributed by atoms with Crippen LogP contribution in [0.4, 0.5) is 0 Å². The van der Waals surface area contributed by atoms with Crippen molar-refractivity contribution in [1.29, 1.82) is 0 Å². The smallest absolute Gasteiger partial charge is 0.103 e. The van der Waals surface area contributed by atoms with Gasteiger partial charge in [-0.3, -0.25) is 0 Å². The molecule has 1 aromatic rings. The number of rotatable bonds is 4. The van der Waals surface area contributed by atoms with E-state index in [2.05, 4.69) is 45.9 Å². The second-order valence-electron chi connectivity index (χ2n) is 7.74. The van der Waals surface area contributed by atoms with E-state index in [4.69, 9.17) is 4.74 Å². The van der Waals surface area contributed by atoms with Gasteiger partial charge in [-0.05, 0) is 55.6 Å². The molecule has 1 aliphatic carbocycles. The van der Waals surface area contributed by atoms with Crippen molar-refractivity contribution in [1.82, 2.24) is 0 Å². The lowest BCUT2D eigenvalue weighted by Crippen LogP contribution is -2.33. The highest BCUT2D eigenvalue weighted by Gasteiger charge is 2.32. The molecule has 1 aliphatic rings. The van der Waals surface area contributed by atoms with Gasteiger partial charge in [0.2, 0.25) is 0 Å². The fraction of sp³-hybridized carbons (Fsp3) is 0.684. The second-order valence-corrected chi connectivity index (χ2v) is 7.74.